The SMILES string of the molecule is COc1cc(/C(O)=C2\C(=O)C(=O)N(c3cc(F)ccc3F)C2c2ccc(O)cc2)c(OC)cc1Cl. The first-order valence-corrected chi connectivity index (χ1v) is 10.5. The number of aromatic hydroxyl groups is 1. The summed E-state index contributed by atoms with van der Waals surface area (Å²) >= 11 is 6.14. The van der Waals surface area contributed by atoms with Gasteiger partial charge in [0.05, 0.1) is 42.1 Å². The number of nitrogens with zero attached hydrogens (tertiary/aromatic N) is 1. The number of anilines is 1. The maximum Gasteiger partial charge on any atom is 0.300 e. The van der Waals surface area contributed by atoms with Crippen molar-refractivity contribution in [1.82, 2.24) is 0 Å². The molecule has 1 aliphatic heterocycles. The highest BCUT2D eigenvalue weighted by atomic mass is 35.5. The summed E-state index contributed by atoms with van der Waals surface area (Å²) in [6, 6.07) is 9.16. The third-order valence-electron chi connectivity index (χ3n) is 5.55. The number of benzene rings is 3. The van der Waals surface area contributed by atoms with Crippen LogP contribution in [0.2, 0.25) is 5.02 Å². The molecule has 2 N–H and O–H groups in total. The molecule has 180 valence electrons. The zero-order valence-electron chi connectivity index (χ0n) is 18.4. The molecule has 0 radical (unpaired) electrons. The second kappa shape index (κ2) is 9.27. The largest absolute Gasteiger partial charge is 0.508 e. The first-order valence-electron chi connectivity index (χ1n) is 10.1. The van der Waals surface area contributed by atoms with Crippen LogP contribution in [0.4, 0.5) is 14.5 Å². The van der Waals surface area contributed by atoms with Crippen LogP contribution in [0.15, 0.2) is 60.2 Å². The van der Waals surface area contributed by atoms with Gasteiger partial charge in [-0.25, -0.2) is 8.78 Å². The van der Waals surface area contributed by atoms with Gasteiger partial charge in [0.1, 0.15) is 34.6 Å². The van der Waals surface area contributed by atoms with Crippen molar-refractivity contribution in [3.63, 3.8) is 0 Å². The average Bonchev–Trinajstić information content (AvgIpc) is 3.10. The van der Waals surface area contributed by atoms with Gasteiger partial charge in [-0.3, -0.25) is 14.5 Å². The Labute approximate surface area is 203 Å². The smallest absolute Gasteiger partial charge is 0.300 e. The van der Waals surface area contributed by atoms with E-state index < -0.39 is 46.4 Å². The van der Waals surface area contributed by atoms with E-state index in [-0.39, 0.29) is 33.4 Å². The summed E-state index contributed by atoms with van der Waals surface area (Å²) in [4.78, 5) is 27.1. The monoisotopic (exact) mass is 501 g/mol. The minimum absolute atomic E-state index is 0.0183. The van der Waals surface area contributed by atoms with Gasteiger partial charge in [0.25, 0.3) is 11.7 Å². The number of aliphatic hydroxyl groups is 1. The van der Waals surface area contributed by atoms with Crippen LogP contribution in [0.5, 0.6) is 17.2 Å². The minimum atomic E-state index is -1.36. The Morgan fingerprint density at radius 2 is 1.63 bits per heavy atom. The van der Waals surface area contributed by atoms with Gasteiger partial charge in [-0.2, -0.15) is 0 Å². The Morgan fingerprint density at radius 3 is 2.26 bits per heavy atom. The lowest BCUT2D eigenvalue weighted by molar-refractivity contribution is -0.132. The molecule has 1 amide bonds. The summed E-state index contributed by atoms with van der Waals surface area (Å²) in [5, 5.41) is 21.2. The molecule has 3 aromatic rings. The maximum absolute atomic E-state index is 14.7. The van der Waals surface area contributed by atoms with Gasteiger partial charge in [0, 0.05) is 12.1 Å². The first-order chi connectivity index (χ1) is 16.7. The standard InChI is InChI=1S/C25H18ClF2NO6/c1-34-19-11-16(26)20(35-2)10-15(19)23(31)21-22(12-3-6-14(30)7-4-12)29(25(33)24(21)32)18-9-13(27)5-8-17(18)28/h3-11,22,30-31H,1-2H3/b23-21+. The Balaban J connectivity index is 2.03. The van der Waals surface area contributed by atoms with E-state index in [0.717, 1.165) is 23.1 Å². The van der Waals surface area contributed by atoms with E-state index in [9.17, 15) is 28.6 Å². The van der Waals surface area contributed by atoms with Crippen molar-refractivity contribution in [2.75, 3.05) is 19.1 Å². The fourth-order valence-electron chi connectivity index (χ4n) is 3.91. The predicted molar refractivity (Wildman–Crippen MR) is 124 cm³/mol. The van der Waals surface area contributed by atoms with Crippen LogP contribution in [0, 0.1) is 11.6 Å². The molecular weight excluding hydrogens is 484 g/mol. The highest BCUT2D eigenvalue weighted by Crippen LogP contribution is 2.45. The average molecular weight is 502 g/mol. The first kappa shape index (κ1) is 24.0. The van der Waals surface area contributed by atoms with Crippen LogP contribution in [0.25, 0.3) is 5.76 Å². The lowest BCUT2D eigenvalue weighted by Gasteiger charge is -2.26. The summed E-state index contributed by atoms with van der Waals surface area (Å²) in [5.74, 6) is -4.64. The number of rotatable bonds is 5. The predicted octanol–water partition coefficient (Wildman–Crippen LogP) is 4.97. The van der Waals surface area contributed by atoms with Crippen LogP contribution >= 0.6 is 11.6 Å². The van der Waals surface area contributed by atoms with Crippen molar-refractivity contribution >= 4 is 34.7 Å². The number of hydrogen-bond acceptors (Lipinski definition) is 6. The molecule has 0 bridgehead atoms. The fraction of sp³-hybridized carbons (Fsp3) is 0.120. The van der Waals surface area contributed by atoms with E-state index in [0.29, 0.717) is 0 Å². The molecule has 1 fully saturated rings. The number of carbonyl (C=O) groups is 2. The number of carbonyl (C=O) groups excluding carboxylic acids is 2. The lowest BCUT2D eigenvalue weighted by Crippen LogP contribution is -2.30. The highest BCUT2D eigenvalue weighted by Gasteiger charge is 2.48. The molecule has 10 heteroatoms. The fourth-order valence-corrected chi connectivity index (χ4v) is 4.14. The Hall–Kier alpha value is -4.11. The van der Waals surface area contributed by atoms with E-state index in [1.807, 2.05) is 0 Å². The van der Waals surface area contributed by atoms with Crippen molar-refractivity contribution in [2.45, 2.75) is 6.04 Å². The van der Waals surface area contributed by atoms with E-state index in [1.54, 1.807) is 0 Å². The number of phenols is 1. The molecule has 1 aliphatic rings. The zero-order chi connectivity index (χ0) is 25.4. The highest BCUT2D eigenvalue weighted by molar-refractivity contribution is 6.51. The Morgan fingerprint density at radius 1 is 0.971 bits per heavy atom. The summed E-state index contributed by atoms with van der Waals surface area (Å²) in [7, 11) is 2.66. The summed E-state index contributed by atoms with van der Waals surface area (Å²) in [6.45, 7) is 0. The van der Waals surface area contributed by atoms with Crippen LogP contribution in [0.1, 0.15) is 17.2 Å². The van der Waals surface area contributed by atoms with Gasteiger partial charge in [-0.05, 0) is 35.9 Å². The number of hydrogen-bond donors (Lipinski definition) is 2. The Kier molecular flexibility index (Phi) is 6.36. The van der Waals surface area contributed by atoms with Crippen molar-refractivity contribution < 1.29 is 38.1 Å². The van der Waals surface area contributed by atoms with Gasteiger partial charge in [-0.1, -0.05) is 23.7 Å². The molecule has 1 saturated heterocycles. The molecule has 0 aliphatic carbocycles. The number of ether oxygens (including phenoxy) is 2. The molecule has 4 rings (SSSR count). The van der Waals surface area contributed by atoms with Gasteiger partial charge < -0.3 is 19.7 Å². The number of halogens is 3. The number of amides is 1. The van der Waals surface area contributed by atoms with Crippen molar-refractivity contribution in [1.29, 1.82) is 0 Å². The van der Waals surface area contributed by atoms with E-state index >= 15 is 0 Å². The third-order valence-corrected chi connectivity index (χ3v) is 5.85. The van der Waals surface area contributed by atoms with Gasteiger partial charge in [0.2, 0.25) is 0 Å². The maximum atomic E-state index is 14.7. The number of methoxy groups -OCH3 is 2. The molecule has 0 aromatic heterocycles. The number of Topliss-reactive ketones (excluding diaryl/α,β-unsaturated/α-hetero) is 1. The summed E-state index contributed by atoms with van der Waals surface area (Å²) in [6.07, 6.45) is 0. The van der Waals surface area contributed by atoms with Crippen LogP contribution in [0.3, 0.4) is 0 Å². The zero-order valence-corrected chi connectivity index (χ0v) is 19.1. The van der Waals surface area contributed by atoms with Gasteiger partial charge in [0.15, 0.2) is 0 Å². The second-order valence-corrected chi connectivity index (χ2v) is 7.95. The molecule has 1 heterocycles. The van der Waals surface area contributed by atoms with E-state index in [4.69, 9.17) is 21.1 Å². The second-order valence-electron chi connectivity index (χ2n) is 7.54. The number of phenolic OH excluding ortho intramolecular Hbond substituents is 1. The van der Waals surface area contributed by atoms with Gasteiger partial charge >= 0.3 is 0 Å². The van der Waals surface area contributed by atoms with Crippen molar-refractivity contribution in [3.05, 3.63) is 88.0 Å². The molecular formula is C25H18ClF2NO6. The topological polar surface area (TPSA) is 96.3 Å². The summed E-state index contributed by atoms with van der Waals surface area (Å²) in [5.41, 5.74) is -0.681. The molecule has 35 heavy (non-hydrogen) atoms. The molecule has 1 unspecified atom stereocenters. The normalized spacial score (nSPS) is 17.1. The quantitative estimate of drug-likeness (QED) is 0.291. The van der Waals surface area contributed by atoms with Crippen LogP contribution < -0.4 is 14.4 Å². The van der Waals surface area contributed by atoms with Crippen molar-refractivity contribution in [2.24, 2.45) is 0 Å². The van der Waals surface area contributed by atoms with Crippen molar-refractivity contribution in [3.8, 4) is 17.2 Å². The van der Waals surface area contributed by atoms with Gasteiger partial charge in [-0.15, -0.1) is 0 Å². The Bertz CT molecular complexity index is 1370. The van der Waals surface area contributed by atoms with E-state index in [2.05, 4.69) is 0 Å². The van der Waals surface area contributed by atoms with Crippen LogP contribution in [-0.2, 0) is 9.59 Å². The van der Waals surface area contributed by atoms with Crippen LogP contribution in [-0.4, -0.2) is 36.1 Å². The molecule has 0 spiro atoms. The molecule has 1 atom stereocenters. The minimum Gasteiger partial charge on any atom is -0.508 e. The third kappa shape index (κ3) is 4.15. The van der Waals surface area contributed by atoms with E-state index in [1.165, 1.54) is 50.6 Å². The number of aliphatic hydroxyl groups excluding tert-OH is 1. The molecule has 7 nitrogen and oxygen atoms in total. The lowest BCUT2D eigenvalue weighted by atomic mass is 9.94. The molecule has 3 aromatic carbocycles. The number of ketones is 1. The summed E-state index contributed by atoms with van der Waals surface area (Å²) < 4.78 is 39.2. The molecule has 0 saturated carbocycles.